The second-order valence-electron chi connectivity index (χ2n) is 9.73. The molecule has 0 fully saturated rings. The number of alkyl halides is 3. The van der Waals surface area contributed by atoms with Gasteiger partial charge in [0.25, 0.3) is 11.8 Å². The van der Waals surface area contributed by atoms with Crippen molar-refractivity contribution in [3.63, 3.8) is 0 Å². The molecule has 0 aliphatic carbocycles. The normalized spacial score (nSPS) is 10.9. The van der Waals surface area contributed by atoms with E-state index >= 15 is 0 Å². The topological polar surface area (TPSA) is 63.1 Å². The third-order valence-electron chi connectivity index (χ3n) is 6.75. The second-order valence-corrected chi connectivity index (χ2v) is 9.73. The molecule has 0 spiro atoms. The van der Waals surface area contributed by atoms with E-state index in [1.807, 2.05) is 54.6 Å². The SMILES string of the molecule is Cn1cc(NC(=O)c2ccccc2-c2ccc(C(F)(F)F)cc2)cc1C(=O)NCC#Cc1ccc(-c2ccccc2)cc1. The fourth-order valence-corrected chi connectivity index (χ4v) is 4.57. The van der Waals surface area contributed by atoms with E-state index in [-0.39, 0.29) is 18.0 Å². The van der Waals surface area contributed by atoms with Gasteiger partial charge in [-0.05, 0) is 58.7 Å². The lowest BCUT2D eigenvalue weighted by atomic mass is 9.98. The van der Waals surface area contributed by atoms with Crippen LogP contribution in [0.3, 0.4) is 0 Å². The van der Waals surface area contributed by atoms with Gasteiger partial charge in [-0.1, -0.05) is 84.6 Å². The summed E-state index contributed by atoms with van der Waals surface area (Å²) < 4.78 is 40.5. The summed E-state index contributed by atoms with van der Waals surface area (Å²) in [6.07, 6.45) is -2.85. The van der Waals surface area contributed by atoms with Gasteiger partial charge in [0.1, 0.15) is 5.69 Å². The fourth-order valence-electron chi connectivity index (χ4n) is 4.57. The zero-order valence-corrected chi connectivity index (χ0v) is 23.1. The van der Waals surface area contributed by atoms with Crippen molar-refractivity contribution < 1.29 is 22.8 Å². The van der Waals surface area contributed by atoms with Crippen molar-refractivity contribution in [2.75, 3.05) is 11.9 Å². The van der Waals surface area contributed by atoms with Crippen molar-refractivity contribution in [3.8, 4) is 34.1 Å². The molecule has 2 amide bonds. The van der Waals surface area contributed by atoms with Gasteiger partial charge in [-0.25, -0.2) is 0 Å². The Labute approximate surface area is 247 Å². The van der Waals surface area contributed by atoms with Crippen LogP contribution in [0.2, 0.25) is 0 Å². The van der Waals surface area contributed by atoms with E-state index in [0.29, 0.717) is 22.5 Å². The molecule has 0 aliphatic rings. The lowest BCUT2D eigenvalue weighted by Crippen LogP contribution is -2.25. The maximum Gasteiger partial charge on any atom is 0.416 e. The van der Waals surface area contributed by atoms with E-state index in [2.05, 4.69) is 22.5 Å². The summed E-state index contributed by atoms with van der Waals surface area (Å²) in [5.74, 6) is 5.17. The summed E-state index contributed by atoms with van der Waals surface area (Å²) in [5, 5.41) is 5.54. The first-order valence-electron chi connectivity index (χ1n) is 13.4. The number of hydrogen-bond acceptors (Lipinski definition) is 2. The maximum atomic E-state index is 13.2. The molecule has 0 aliphatic heterocycles. The van der Waals surface area contributed by atoms with Crippen LogP contribution in [0.1, 0.15) is 32.0 Å². The molecule has 1 heterocycles. The number of halogens is 3. The molecule has 1 aromatic heterocycles. The largest absolute Gasteiger partial charge is 0.416 e. The molecule has 2 N–H and O–H groups in total. The Morgan fingerprint density at radius 3 is 2.09 bits per heavy atom. The zero-order valence-electron chi connectivity index (χ0n) is 23.1. The number of carbonyl (C=O) groups is 2. The van der Waals surface area contributed by atoms with Gasteiger partial charge in [0.15, 0.2) is 0 Å². The molecule has 0 atom stereocenters. The van der Waals surface area contributed by atoms with Gasteiger partial charge in [-0.3, -0.25) is 9.59 Å². The molecule has 4 aromatic carbocycles. The molecule has 0 radical (unpaired) electrons. The number of aromatic nitrogens is 1. The smallest absolute Gasteiger partial charge is 0.344 e. The van der Waals surface area contributed by atoms with E-state index in [1.54, 1.807) is 48.1 Å². The molecule has 43 heavy (non-hydrogen) atoms. The van der Waals surface area contributed by atoms with Gasteiger partial charge in [-0.15, -0.1) is 0 Å². The third-order valence-corrected chi connectivity index (χ3v) is 6.75. The van der Waals surface area contributed by atoms with Crippen molar-refractivity contribution in [1.29, 1.82) is 0 Å². The van der Waals surface area contributed by atoms with E-state index in [0.717, 1.165) is 28.8 Å². The first kappa shape index (κ1) is 29.0. The van der Waals surface area contributed by atoms with Crippen LogP contribution in [0.15, 0.2) is 115 Å². The van der Waals surface area contributed by atoms with Gasteiger partial charge >= 0.3 is 6.18 Å². The first-order chi connectivity index (χ1) is 20.7. The number of amides is 2. The number of rotatable bonds is 6. The minimum atomic E-state index is -4.45. The highest BCUT2D eigenvalue weighted by Gasteiger charge is 2.30. The summed E-state index contributed by atoms with van der Waals surface area (Å²) in [5.41, 5.74) is 4.22. The van der Waals surface area contributed by atoms with Gasteiger partial charge < -0.3 is 15.2 Å². The summed E-state index contributed by atoms with van der Waals surface area (Å²) in [6, 6.07) is 30.7. The van der Waals surface area contributed by atoms with E-state index in [9.17, 15) is 22.8 Å². The monoisotopic (exact) mass is 577 g/mol. The minimum absolute atomic E-state index is 0.132. The van der Waals surface area contributed by atoms with Gasteiger partial charge in [-0.2, -0.15) is 13.2 Å². The number of nitrogens with zero attached hydrogens (tertiary/aromatic N) is 1. The van der Waals surface area contributed by atoms with Crippen molar-refractivity contribution in [1.82, 2.24) is 9.88 Å². The van der Waals surface area contributed by atoms with E-state index in [1.165, 1.54) is 12.1 Å². The minimum Gasteiger partial charge on any atom is -0.344 e. The van der Waals surface area contributed by atoms with E-state index < -0.39 is 17.6 Å². The zero-order chi connectivity index (χ0) is 30.4. The summed E-state index contributed by atoms with van der Waals surface area (Å²) in [7, 11) is 1.68. The first-order valence-corrected chi connectivity index (χ1v) is 13.4. The average molecular weight is 578 g/mol. The third kappa shape index (κ3) is 7.03. The van der Waals surface area contributed by atoms with Crippen LogP contribution in [-0.2, 0) is 13.2 Å². The fraction of sp³-hybridized carbons (Fsp3) is 0.0857. The predicted octanol–water partition coefficient (Wildman–Crippen LogP) is 7.41. The van der Waals surface area contributed by atoms with Crippen LogP contribution < -0.4 is 10.6 Å². The molecule has 0 bridgehead atoms. The molecule has 0 unspecified atom stereocenters. The lowest BCUT2D eigenvalue weighted by Gasteiger charge is -2.11. The Balaban J connectivity index is 1.21. The Morgan fingerprint density at radius 2 is 1.40 bits per heavy atom. The standard InChI is InChI=1S/C35H26F3N3O2/c1-41-23-29(40-33(42)31-12-6-5-11-30(31)27-17-19-28(20-18-27)35(36,37)38)22-32(41)34(43)39-21-7-8-24-13-15-26(16-14-24)25-9-3-2-4-10-25/h2-6,9-20,22-23H,21H2,1H3,(H,39,43)(H,40,42). The molecule has 0 saturated carbocycles. The second kappa shape index (κ2) is 12.5. The molecular weight excluding hydrogens is 551 g/mol. The molecule has 214 valence electrons. The number of carbonyl (C=O) groups excluding carboxylic acids is 2. The summed E-state index contributed by atoms with van der Waals surface area (Å²) in [4.78, 5) is 25.9. The number of hydrogen-bond donors (Lipinski definition) is 2. The summed E-state index contributed by atoms with van der Waals surface area (Å²) in [6.45, 7) is 0.132. The lowest BCUT2D eigenvalue weighted by molar-refractivity contribution is -0.137. The molecule has 8 heteroatoms. The number of aryl methyl sites for hydroxylation is 1. The molecule has 0 saturated heterocycles. The van der Waals surface area contributed by atoms with Crippen LogP contribution in [-0.4, -0.2) is 22.9 Å². The molecule has 5 aromatic rings. The van der Waals surface area contributed by atoms with Gasteiger partial charge in [0.05, 0.1) is 17.8 Å². The predicted molar refractivity (Wildman–Crippen MR) is 161 cm³/mol. The number of anilines is 1. The number of nitrogens with one attached hydrogen (secondary N) is 2. The highest BCUT2D eigenvalue weighted by Crippen LogP contribution is 2.32. The molecule has 5 rings (SSSR count). The summed E-state index contributed by atoms with van der Waals surface area (Å²) >= 11 is 0. The Kier molecular flexibility index (Phi) is 8.44. The highest BCUT2D eigenvalue weighted by atomic mass is 19.4. The van der Waals surface area contributed by atoms with Gasteiger partial charge in [0, 0.05) is 24.4 Å². The number of benzene rings is 4. The van der Waals surface area contributed by atoms with Crippen molar-refractivity contribution in [2.24, 2.45) is 7.05 Å². The Bertz CT molecular complexity index is 1810. The quantitative estimate of drug-likeness (QED) is 0.207. The van der Waals surface area contributed by atoms with Crippen LogP contribution in [0.5, 0.6) is 0 Å². The molecule has 5 nitrogen and oxygen atoms in total. The van der Waals surface area contributed by atoms with Crippen LogP contribution in [0.25, 0.3) is 22.3 Å². The maximum absolute atomic E-state index is 13.2. The van der Waals surface area contributed by atoms with Crippen LogP contribution in [0.4, 0.5) is 18.9 Å². The van der Waals surface area contributed by atoms with Crippen molar-refractivity contribution >= 4 is 17.5 Å². The van der Waals surface area contributed by atoms with Gasteiger partial charge in [0.2, 0.25) is 0 Å². The Morgan fingerprint density at radius 1 is 0.767 bits per heavy atom. The van der Waals surface area contributed by atoms with Crippen molar-refractivity contribution in [2.45, 2.75) is 6.18 Å². The van der Waals surface area contributed by atoms with Crippen LogP contribution >= 0.6 is 0 Å². The highest BCUT2D eigenvalue weighted by molar-refractivity contribution is 6.09. The van der Waals surface area contributed by atoms with E-state index in [4.69, 9.17) is 0 Å². The van der Waals surface area contributed by atoms with Crippen molar-refractivity contribution in [3.05, 3.63) is 138 Å². The molecular formula is C35H26F3N3O2. The van der Waals surface area contributed by atoms with Crippen LogP contribution in [0, 0.1) is 11.8 Å². The Hall–Kier alpha value is -5.55. The average Bonchev–Trinajstić information content (AvgIpc) is 3.39.